The van der Waals surface area contributed by atoms with Crippen LogP contribution in [0.1, 0.15) is 27.7 Å². The molecule has 90 valence electrons. The van der Waals surface area contributed by atoms with Gasteiger partial charge in [-0.3, -0.25) is 0 Å². The topological polar surface area (TPSA) is 12.0 Å². The van der Waals surface area contributed by atoms with E-state index in [1.54, 1.807) is 0 Å². The Labute approximate surface area is 102 Å². The molecular weight excluding hydrogens is 193 g/mol. The van der Waals surface area contributed by atoms with E-state index in [0.29, 0.717) is 17.3 Å². The summed E-state index contributed by atoms with van der Waals surface area (Å²) in [6.45, 7) is 10.4. The standard InChI is InChI=1S/C14H26BN/c1-11-6-7-13(8-12(11)2)15-9-14(3,4)10-16-5/h6-8,11-12,15-16H,9-10H2,1-5H3. The van der Waals surface area contributed by atoms with Gasteiger partial charge in [-0.05, 0) is 30.8 Å². The Morgan fingerprint density at radius 2 is 2.00 bits per heavy atom. The molecule has 16 heavy (non-hydrogen) atoms. The number of hydrogen-bond acceptors (Lipinski definition) is 1. The van der Waals surface area contributed by atoms with E-state index in [4.69, 9.17) is 0 Å². The summed E-state index contributed by atoms with van der Waals surface area (Å²) in [5.41, 5.74) is 1.92. The molecule has 1 aliphatic rings. The monoisotopic (exact) mass is 219 g/mol. The average molecular weight is 219 g/mol. The van der Waals surface area contributed by atoms with Crippen LogP contribution in [0.3, 0.4) is 0 Å². The first kappa shape index (κ1) is 13.6. The third-order valence-electron chi connectivity index (χ3n) is 3.67. The fourth-order valence-electron chi connectivity index (χ4n) is 2.21. The summed E-state index contributed by atoms with van der Waals surface area (Å²) in [5, 5.41) is 3.27. The first-order valence-electron chi connectivity index (χ1n) is 6.48. The molecule has 0 bridgehead atoms. The molecule has 2 atom stereocenters. The zero-order valence-electron chi connectivity index (χ0n) is 11.5. The molecule has 0 amide bonds. The molecule has 1 nitrogen and oxygen atoms in total. The zero-order chi connectivity index (χ0) is 12.2. The Morgan fingerprint density at radius 3 is 2.56 bits per heavy atom. The van der Waals surface area contributed by atoms with Crippen molar-refractivity contribution in [3.8, 4) is 0 Å². The van der Waals surface area contributed by atoms with Crippen LogP contribution in [0, 0.1) is 17.3 Å². The molecule has 1 N–H and O–H groups in total. The van der Waals surface area contributed by atoms with Gasteiger partial charge in [0, 0.05) is 0 Å². The van der Waals surface area contributed by atoms with Crippen LogP contribution in [0.4, 0.5) is 0 Å². The van der Waals surface area contributed by atoms with E-state index in [1.165, 1.54) is 19.1 Å². The van der Waals surface area contributed by atoms with Gasteiger partial charge in [0.25, 0.3) is 0 Å². The van der Waals surface area contributed by atoms with Crippen molar-refractivity contribution >= 4 is 7.28 Å². The maximum atomic E-state index is 3.27. The molecular formula is C14H26BN. The Hall–Kier alpha value is -0.495. The van der Waals surface area contributed by atoms with Crippen molar-refractivity contribution in [2.75, 3.05) is 13.6 Å². The average Bonchev–Trinajstić information content (AvgIpc) is 2.20. The fourth-order valence-corrected chi connectivity index (χ4v) is 2.21. The largest absolute Gasteiger partial charge is 0.319 e. The van der Waals surface area contributed by atoms with Gasteiger partial charge in [-0.2, -0.15) is 0 Å². The normalized spacial score (nSPS) is 25.4. The lowest BCUT2D eigenvalue weighted by Crippen LogP contribution is -2.28. The highest BCUT2D eigenvalue weighted by molar-refractivity contribution is 6.46. The van der Waals surface area contributed by atoms with Gasteiger partial charge in [-0.15, -0.1) is 0 Å². The van der Waals surface area contributed by atoms with E-state index in [2.05, 4.69) is 51.2 Å². The van der Waals surface area contributed by atoms with Crippen LogP contribution in [-0.2, 0) is 0 Å². The van der Waals surface area contributed by atoms with Gasteiger partial charge in [0.15, 0.2) is 7.28 Å². The summed E-state index contributed by atoms with van der Waals surface area (Å²) in [6.07, 6.45) is 8.37. The van der Waals surface area contributed by atoms with E-state index >= 15 is 0 Å². The number of hydrogen-bond donors (Lipinski definition) is 1. The Balaban J connectivity index is 2.45. The molecule has 0 fully saturated rings. The lowest BCUT2D eigenvalue weighted by Gasteiger charge is -2.25. The summed E-state index contributed by atoms with van der Waals surface area (Å²) < 4.78 is 0. The Morgan fingerprint density at radius 1 is 1.31 bits per heavy atom. The maximum Gasteiger partial charge on any atom is 0.157 e. The van der Waals surface area contributed by atoms with Crippen molar-refractivity contribution in [2.45, 2.75) is 34.0 Å². The third-order valence-corrected chi connectivity index (χ3v) is 3.67. The lowest BCUT2D eigenvalue weighted by atomic mass is 9.57. The van der Waals surface area contributed by atoms with Gasteiger partial charge in [-0.25, -0.2) is 0 Å². The van der Waals surface area contributed by atoms with Crippen LogP contribution in [-0.4, -0.2) is 20.9 Å². The van der Waals surface area contributed by atoms with E-state index < -0.39 is 0 Å². The molecule has 0 aromatic rings. The van der Waals surface area contributed by atoms with Crippen LogP contribution in [0.2, 0.25) is 6.32 Å². The Bertz CT molecular complexity index is 278. The minimum atomic E-state index is 0.399. The quantitative estimate of drug-likeness (QED) is 0.701. The van der Waals surface area contributed by atoms with Crippen molar-refractivity contribution in [3.63, 3.8) is 0 Å². The van der Waals surface area contributed by atoms with E-state index in [0.717, 1.165) is 6.54 Å². The number of allylic oxidation sites excluding steroid dienone is 4. The van der Waals surface area contributed by atoms with Crippen LogP contribution in [0.5, 0.6) is 0 Å². The molecule has 1 rings (SSSR count). The first-order chi connectivity index (χ1) is 7.44. The fraction of sp³-hybridized carbons (Fsp3) is 0.714. The highest BCUT2D eigenvalue weighted by Gasteiger charge is 2.19. The second-order valence-corrected chi connectivity index (χ2v) is 6.01. The first-order valence-corrected chi connectivity index (χ1v) is 6.48. The van der Waals surface area contributed by atoms with Gasteiger partial charge in [0.2, 0.25) is 0 Å². The van der Waals surface area contributed by atoms with Crippen molar-refractivity contribution in [2.24, 2.45) is 17.3 Å². The second kappa shape index (κ2) is 5.72. The minimum absolute atomic E-state index is 0.399. The summed E-state index contributed by atoms with van der Waals surface area (Å²) in [4.78, 5) is 0. The lowest BCUT2D eigenvalue weighted by molar-refractivity contribution is 0.394. The summed E-state index contributed by atoms with van der Waals surface area (Å²) >= 11 is 0. The molecule has 2 heteroatoms. The second-order valence-electron chi connectivity index (χ2n) is 6.01. The van der Waals surface area contributed by atoms with Crippen LogP contribution >= 0.6 is 0 Å². The van der Waals surface area contributed by atoms with Gasteiger partial charge in [0.1, 0.15) is 0 Å². The van der Waals surface area contributed by atoms with Gasteiger partial charge >= 0.3 is 0 Å². The predicted octanol–water partition coefficient (Wildman–Crippen LogP) is 2.81. The van der Waals surface area contributed by atoms with Gasteiger partial charge in [0.05, 0.1) is 0 Å². The number of nitrogens with one attached hydrogen (secondary N) is 1. The van der Waals surface area contributed by atoms with Crippen molar-refractivity contribution < 1.29 is 0 Å². The maximum absolute atomic E-state index is 3.27. The molecule has 0 aromatic heterocycles. The molecule has 0 aromatic carbocycles. The minimum Gasteiger partial charge on any atom is -0.319 e. The summed E-state index contributed by atoms with van der Waals surface area (Å²) in [6, 6.07) is 0. The van der Waals surface area contributed by atoms with Crippen molar-refractivity contribution in [1.82, 2.24) is 5.32 Å². The van der Waals surface area contributed by atoms with Crippen LogP contribution in [0.25, 0.3) is 0 Å². The third kappa shape index (κ3) is 4.17. The van der Waals surface area contributed by atoms with E-state index in [9.17, 15) is 0 Å². The highest BCUT2D eigenvalue weighted by Crippen LogP contribution is 2.25. The van der Waals surface area contributed by atoms with Crippen molar-refractivity contribution in [3.05, 3.63) is 23.7 Å². The molecule has 0 heterocycles. The zero-order valence-corrected chi connectivity index (χ0v) is 11.5. The van der Waals surface area contributed by atoms with Crippen LogP contribution < -0.4 is 5.32 Å². The van der Waals surface area contributed by atoms with Crippen molar-refractivity contribution in [1.29, 1.82) is 0 Å². The Kier molecular flexibility index (Phi) is 4.85. The molecule has 0 aliphatic heterocycles. The van der Waals surface area contributed by atoms with E-state index in [-0.39, 0.29) is 0 Å². The SMILES string of the molecule is CNCC(C)(C)CBC1=CC(C)C(C)C=C1. The summed E-state index contributed by atoms with van der Waals surface area (Å²) in [5.74, 6) is 1.40. The molecule has 0 spiro atoms. The van der Waals surface area contributed by atoms with Gasteiger partial charge in [-0.1, -0.05) is 57.7 Å². The van der Waals surface area contributed by atoms with E-state index in [1.807, 2.05) is 7.05 Å². The number of rotatable bonds is 5. The van der Waals surface area contributed by atoms with Gasteiger partial charge < -0.3 is 5.32 Å². The smallest absolute Gasteiger partial charge is 0.157 e. The highest BCUT2D eigenvalue weighted by atomic mass is 14.8. The molecule has 0 saturated heterocycles. The summed E-state index contributed by atoms with van der Waals surface area (Å²) in [7, 11) is 3.24. The molecule has 0 radical (unpaired) electrons. The molecule has 2 unspecified atom stereocenters. The molecule has 0 saturated carbocycles. The predicted molar refractivity (Wildman–Crippen MR) is 75.2 cm³/mol. The van der Waals surface area contributed by atoms with Crippen LogP contribution in [0.15, 0.2) is 23.7 Å². The molecule has 1 aliphatic carbocycles.